The maximum absolute atomic E-state index is 12.9. The molecular weight excluding hydrogens is 498 g/mol. The van der Waals surface area contributed by atoms with Crippen LogP contribution in [0.15, 0.2) is 91.3 Å². The van der Waals surface area contributed by atoms with E-state index in [-0.39, 0.29) is 30.0 Å². The second-order valence-electron chi connectivity index (χ2n) is 9.09. The number of aryl methyl sites for hydroxylation is 1. The lowest BCUT2D eigenvalue weighted by molar-refractivity contribution is -0.116. The summed E-state index contributed by atoms with van der Waals surface area (Å²) in [5, 5.41) is 16.4. The zero-order valence-corrected chi connectivity index (χ0v) is 21.6. The SMILES string of the molecule is Cc1ccccc1NC(=O)CCN1C(=S)N[C@H](c2ccccn2)[C@H]1c1cccn1-c1cccc(C(=O)O)c1. The van der Waals surface area contributed by atoms with E-state index in [1.165, 1.54) is 0 Å². The number of hydrogen-bond donors (Lipinski definition) is 3. The van der Waals surface area contributed by atoms with E-state index >= 15 is 0 Å². The quantitative estimate of drug-likeness (QED) is 0.282. The van der Waals surface area contributed by atoms with Crippen LogP contribution >= 0.6 is 12.2 Å². The summed E-state index contributed by atoms with van der Waals surface area (Å²) in [6.07, 6.45) is 3.87. The number of anilines is 1. The van der Waals surface area contributed by atoms with Gasteiger partial charge in [-0.25, -0.2) is 4.79 Å². The fraction of sp³-hybridized carbons (Fsp3) is 0.172. The number of nitrogens with one attached hydrogen (secondary N) is 2. The lowest BCUT2D eigenvalue weighted by Crippen LogP contribution is -2.33. The molecule has 0 radical (unpaired) electrons. The summed E-state index contributed by atoms with van der Waals surface area (Å²) in [6.45, 7) is 2.34. The summed E-state index contributed by atoms with van der Waals surface area (Å²) < 4.78 is 1.96. The molecule has 38 heavy (non-hydrogen) atoms. The molecule has 1 aliphatic heterocycles. The number of pyridine rings is 1. The fourth-order valence-corrected chi connectivity index (χ4v) is 5.11. The predicted molar refractivity (Wildman–Crippen MR) is 149 cm³/mol. The molecular formula is C29H27N5O3S. The van der Waals surface area contributed by atoms with Crippen LogP contribution in [-0.4, -0.2) is 43.1 Å². The van der Waals surface area contributed by atoms with Crippen molar-refractivity contribution in [1.82, 2.24) is 19.8 Å². The molecule has 5 rings (SSSR count). The highest BCUT2D eigenvalue weighted by molar-refractivity contribution is 7.80. The predicted octanol–water partition coefficient (Wildman–Crippen LogP) is 4.88. The van der Waals surface area contributed by atoms with Crippen molar-refractivity contribution < 1.29 is 14.7 Å². The second kappa shape index (κ2) is 10.9. The van der Waals surface area contributed by atoms with Crippen LogP contribution in [0, 0.1) is 6.92 Å². The number of carboxylic acid groups (broad SMARTS) is 1. The minimum absolute atomic E-state index is 0.105. The molecule has 0 unspecified atom stereocenters. The summed E-state index contributed by atoms with van der Waals surface area (Å²) in [4.78, 5) is 31.1. The molecule has 1 amide bonds. The number of aromatic carboxylic acids is 1. The third-order valence-corrected chi connectivity index (χ3v) is 7.00. The topological polar surface area (TPSA) is 99.5 Å². The lowest BCUT2D eigenvalue weighted by atomic mass is 10.0. The van der Waals surface area contributed by atoms with E-state index in [4.69, 9.17) is 12.2 Å². The molecule has 192 valence electrons. The van der Waals surface area contributed by atoms with Crippen molar-refractivity contribution in [3.63, 3.8) is 0 Å². The van der Waals surface area contributed by atoms with Gasteiger partial charge in [0.15, 0.2) is 5.11 Å². The van der Waals surface area contributed by atoms with Gasteiger partial charge >= 0.3 is 5.97 Å². The number of nitrogens with zero attached hydrogens (tertiary/aromatic N) is 3. The lowest BCUT2D eigenvalue weighted by Gasteiger charge is -2.29. The molecule has 2 atom stereocenters. The van der Waals surface area contributed by atoms with Gasteiger partial charge in [0, 0.05) is 42.4 Å². The zero-order chi connectivity index (χ0) is 26.6. The molecule has 1 saturated heterocycles. The van der Waals surface area contributed by atoms with Crippen molar-refractivity contribution in [2.75, 3.05) is 11.9 Å². The standard InChI is InChI=1S/C29H27N5O3S/c1-19-8-2-3-11-22(19)31-25(35)14-17-34-27(26(32-29(34)38)23-12-4-5-15-30-23)24-13-7-16-33(24)21-10-6-9-20(18-21)28(36)37/h2-13,15-16,18,26-27H,14,17H2,1H3,(H,31,35)(H,32,38)(H,36,37)/t26-,27-/m1/s1. The minimum atomic E-state index is -0.989. The molecule has 3 N–H and O–H groups in total. The highest BCUT2D eigenvalue weighted by atomic mass is 32.1. The van der Waals surface area contributed by atoms with Crippen LogP contribution in [0.5, 0.6) is 0 Å². The molecule has 8 nitrogen and oxygen atoms in total. The molecule has 9 heteroatoms. The summed E-state index contributed by atoms with van der Waals surface area (Å²) in [6, 6.07) is 23.6. The number of carboxylic acids is 1. The average molecular weight is 526 g/mol. The number of hydrogen-bond acceptors (Lipinski definition) is 4. The number of carbonyl (C=O) groups is 2. The first-order chi connectivity index (χ1) is 18.4. The minimum Gasteiger partial charge on any atom is -0.478 e. The van der Waals surface area contributed by atoms with E-state index in [0.29, 0.717) is 11.7 Å². The van der Waals surface area contributed by atoms with Crippen molar-refractivity contribution >= 4 is 34.9 Å². The number of thiocarbonyl (C=S) groups is 1. The van der Waals surface area contributed by atoms with E-state index in [0.717, 1.165) is 28.3 Å². The van der Waals surface area contributed by atoms with E-state index in [9.17, 15) is 14.7 Å². The summed E-state index contributed by atoms with van der Waals surface area (Å²) in [7, 11) is 0. The number of rotatable bonds is 8. The molecule has 1 fully saturated rings. The Bertz CT molecular complexity index is 1490. The Morgan fingerprint density at radius 1 is 1.05 bits per heavy atom. The molecule has 1 aliphatic rings. The maximum atomic E-state index is 12.9. The van der Waals surface area contributed by atoms with Crippen molar-refractivity contribution in [1.29, 1.82) is 0 Å². The van der Waals surface area contributed by atoms with E-state index in [1.807, 2.05) is 83.3 Å². The van der Waals surface area contributed by atoms with Gasteiger partial charge in [0.1, 0.15) is 0 Å². The smallest absolute Gasteiger partial charge is 0.335 e. The summed E-state index contributed by atoms with van der Waals surface area (Å²) in [5.41, 5.74) is 4.42. The van der Waals surface area contributed by atoms with Gasteiger partial charge in [-0.1, -0.05) is 30.3 Å². The summed E-state index contributed by atoms with van der Waals surface area (Å²) in [5.74, 6) is -1.09. The second-order valence-corrected chi connectivity index (χ2v) is 9.48. The van der Waals surface area contributed by atoms with Crippen molar-refractivity contribution in [2.45, 2.75) is 25.4 Å². The van der Waals surface area contributed by atoms with Crippen LogP contribution in [0.1, 0.15) is 45.8 Å². The normalized spacial score (nSPS) is 16.8. The molecule has 0 aliphatic carbocycles. The molecule has 0 saturated carbocycles. The van der Waals surface area contributed by atoms with Gasteiger partial charge in [-0.3, -0.25) is 9.78 Å². The van der Waals surface area contributed by atoms with Crippen LogP contribution in [-0.2, 0) is 4.79 Å². The zero-order valence-electron chi connectivity index (χ0n) is 20.7. The third-order valence-electron chi connectivity index (χ3n) is 6.65. The number of para-hydroxylation sites is 1. The number of amides is 1. The van der Waals surface area contributed by atoms with E-state index in [1.54, 1.807) is 24.4 Å². The van der Waals surface area contributed by atoms with Gasteiger partial charge in [-0.05, 0) is 73.2 Å². The molecule has 0 bridgehead atoms. The molecule has 4 aromatic rings. The number of aromatic nitrogens is 2. The van der Waals surface area contributed by atoms with Crippen molar-refractivity contribution in [3.8, 4) is 5.69 Å². The first-order valence-electron chi connectivity index (χ1n) is 12.3. The van der Waals surface area contributed by atoms with Crippen LogP contribution < -0.4 is 10.6 Å². The monoisotopic (exact) mass is 525 g/mol. The average Bonchev–Trinajstić information content (AvgIpc) is 3.53. The highest BCUT2D eigenvalue weighted by Gasteiger charge is 2.41. The summed E-state index contributed by atoms with van der Waals surface area (Å²) >= 11 is 5.75. The van der Waals surface area contributed by atoms with Gasteiger partial charge in [-0.15, -0.1) is 0 Å². The Balaban J connectivity index is 1.47. The van der Waals surface area contributed by atoms with Crippen LogP contribution in [0.2, 0.25) is 0 Å². The van der Waals surface area contributed by atoms with Gasteiger partial charge in [-0.2, -0.15) is 0 Å². The first kappa shape index (κ1) is 25.2. The van der Waals surface area contributed by atoms with Crippen LogP contribution in [0.25, 0.3) is 5.69 Å². The van der Waals surface area contributed by atoms with Crippen molar-refractivity contribution in [2.24, 2.45) is 0 Å². The van der Waals surface area contributed by atoms with Gasteiger partial charge in [0.05, 0.1) is 23.3 Å². The Hall–Kier alpha value is -4.50. The fourth-order valence-electron chi connectivity index (χ4n) is 4.77. The van der Waals surface area contributed by atoms with Gasteiger partial charge < -0.3 is 25.2 Å². The molecule has 2 aromatic heterocycles. The largest absolute Gasteiger partial charge is 0.478 e. The Morgan fingerprint density at radius 2 is 1.87 bits per heavy atom. The number of carbonyl (C=O) groups excluding carboxylic acids is 1. The van der Waals surface area contributed by atoms with E-state index < -0.39 is 5.97 Å². The molecule has 3 heterocycles. The molecule has 0 spiro atoms. The Kier molecular flexibility index (Phi) is 7.19. The Labute approximate surface area is 225 Å². The Morgan fingerprint density at radius 3 is 2.63 bits per heavy atom. The maximum Gasteiger partial charge on any atom is 0.335 e. The van der Waals surface area contributed by atoms with Gasteiger partial charge in [0.2, 0.25) is 5.91 Å². The van der Waals surface area contributed by atoms with Gasteiger partial charge in [0.25, 0.3) is 0 Å². The molecule has 2 aromatic carbocycles. The van der Waals surface area contributed by atoms with Crippen LogP contribution in [0.3, 0.4) is 0 Å². The highest BCUT2D eigenvalue weighted by Crippen LogP contribution is 2.39. The number of benzene rings is 2. The first-order valence-corrected chi connectivity index (χ1v) is 12.7. The van der Waals surface area contributed by atoms with Crippen molar-refractivity contribution in [3.05, 3.63) is 114 Å². The third kappa shape index (κ3) is 5.14. The van der Waals surface area contributed by atoms with Crippen LogP contribution in [0.4, 0.5) is 5.69 Å². The van der Waals surface area contributed by atoms with E-state index in [2.05, 4.69) is 15.6 Å².